The molecule has 0 saturated heterocycles. The van der Waals surface area contributed by atoms with E-state index >= 15 is 0 Å². The Kier molecular flexibility index (Phi) is 6.04. The summed E-state index contributed by atoms with van der Waals surface area (Å²) in [6.45, 7) is 1.97. The van der Waals surface area contributed by atoms with Gasteiger partial charge in [-0.05, 0) is 23.1 Å². The lowest BCUT2D eigenvalue weighted by Crippen LogP contribution is -2.28. The van der Waals surface area contributed by atoms with Crippen LogP contribution in [0.25, 0.3) is 0 Å². The van der Waals surface area contributed by atoms with E-state index in [1.54, 1.807) is 35.6 Å². The van der Waals surface area contributed by atoms with Gasteiger partial charge in [-0.25, -0.2) is 4.99 Å². The van der Waals surface area contributed by atoms with E-state index in [4.69, 9.17) is 0 Å². The summed E-state index contributed by atoms with van der Waals surface area (Å²) in [6, 6.07) is 14.4. The summed E-state index contributed by atoms with van der Waals surface area (Å²) in [5, 5.41) is 2.82. The zero-order chi connectivity index (χ0) is 19.2. The molecule has 0 fully saturated rings. The Hall–Kier alpha value is -2.64. The van der Waals surface area contributed by atoms with E-state index < -0.39 is 0 Å². The van der Waals surface area contributed by atoms with Crippen molar-refractivity contribution in [3.05, 3.63) is 92.7 Å². The molecule has 0 amide bonds. The van der Waals surface area contributed by atoms with Crippen molar-refractivity contribution in [2.75, 3.05) is 6.54 Å². The molecule has 0 atom stereocenters. The summed E-state index contributed by atoms with van der Waals surface area (Å²) in [5.41, 5.74) is 1.73. The van der Waals surface area contributed by atoms with Gasteiger partial charge in [0.1, 0.15) is 0 Å². The van der Waals surface area contributed by atoms with Gasteiger partial charge in [0, 0.05) is 29.6 Å². The SMILES string of the molecule is O=c1nc(SCc2ccccc2)n(Cc2cccs2)cc1CN1C=NC=CC1. The molecule has 0 unspecified atom stereocenters. The van der Waals surface area contributed by atoms with Crippen molar-refractivity contribution in [1.29, 1.82) is 0 Å². The molecular weight excluding hydrogens is 388 g/mol. The highest BCUT2D eigenvalue weighted by Gasteiger charge is 2.13. The maximum atomic E-state index is 12.7. The van der Waals surface area contributed by atoms with Crippen molar-refractivity contribution in [1.82, 2.24) is 14.5 Å². The van der Waals surface area contributed by atoms with Crippen LogP contribution < -0.4 is 5.56 Å². The molecule has 0 N–H and O–H groups in total. The second-order valence-electron chi connectivity index (χ2n) is 6.41. The second-order valence-corrected chi connectivity index (χ2v) is 8.39. The molecule has 7 heteroatoms. The zero-order valence-electron chi connectivity index (χ0n) is 15.3. The second kappa shape index (κ2) is 9.03. The van der Waals surface area contributed by atoms with Crippen LogP contribution in [0.1, 0.15) is 16.0 Å². The number of benzene rings is 1. The fraction of sp³-hybridized carbons (Fsp3) is 0.190. The molecular formula is C21H20N4OS2. The first-order valence-corrected chi connectivity index (χ1v) is 10.9. The summed E-state index contributed by atoms with van der Waals surface area (Å²) in [4.78, 5) is 24.5. The molecule has 5 nitrogen and oxygen atoms in total. The minimum absolute atomic E-state index is 0.166. The molecule has 0 saturated carbocycles. The predicted octanol–water partition coefficient (Wildman–Crippen LogP) is 4.00. The average Bonchev–Trinajstić information content (AvgIpc) is 3.24. The standard InChI is InChI=1S/C21H20N4OS2/c26-20-18(12-24-10-5-9-22-16-24)13-25(14-19-8-4-11-27-19)21(23-20)28-15-17-6-2-1-3-7-17/h1-9,11,13,16H,10,12,14-15H2. The molecule has 0 aliphatic carbocycles. The van der Waals surface area contributed by atoms with Crippen LogP contribution in [0.4, 0.5) is 0 Å². The third-order valence-corrected chi connectivity index (χ3v) is 6.20. The summed E-state index contributed by atoms with van der Waals surface area (Å²) in [6.07, 6.45) is 7.46. The Balaban J connectivity index is 1.59. The lowest BCUT2D eigenvalue weighted by Gasteiger charge is -2.20. The van der Waals surface area contributed by atoms with Gasteiger partial charge in [0.25, 0.3) is 5.56 Å². The van der Waals surface area contributed by atoms with Gasteiger partial charge < -0.3 is 9.47 Å². The van der Waals surface area contributed by atoms with E-state index in [0.29, 0.717) is 18.7 Å². The number of hydrogen-bond acceptors (Lipinski definition) is 6. The molecule has 1 aliphatic heterocycles. The molecule has 142 valence electrons. The van der Waals surface area contributed by atoms with Crippen LogP contribution in [0.5, 0.6) is 0 Å². The van der Waals surface area contributed by atoms with Gasteiger partial charge >= 0.3 is 0 Å². The summed E-state index contributed by atoms with van der Waals surface area (Å²) in [5.74, 6) is 0.778. The predicted molar refractivity (Wildman–Crippen MR) is 116 cm³/mol. The van der Waals surface area contributed by atoms with E-state index in [1.165, 1.54) is 10.4 Å². The summed E-state index contributed by atoms with van der Waals surface area (Å²) < 4.78 is 2.09. The van der Waals surface area contributed by atoms with Gasteiger partial charge in [-0.3, -0.25) is 4.79 Å². The summed E-state index contributed by atoms with van der Waals surface area (Å²) in [7, 11) is 0. The quantitative estimate of drug-likeness (QED) is 0.438. The third kappa shape index (κ3) is 4.79. The normalized spacial score (nSPS) is 13.2. The van der Waals surface area contributed by atoms with Gasteiger partial charge in [-0.15, -0.1) is 11.3 Å². The highest BCUT2D eigenvalue weighted by molar-refractivity contribution is 7.98. The van der Waals surface area contributed by atoms with E-state index in [9.17, 15) is 4.79 Å². The first-order valence-electron chi connectivity index (χ1n) is 9.00. The van der Waals surface area contributed by atoms with Crippen molar-refractivity contribution in [3.63, 3.8) is 0 Å². The summed E-state index contributed by atoms with van der Waals surface area (Å²) >= 11 is 3.31. The highest BCUT2D eigenvalue weighted by Crippen LogP contribution is 2.22. The van der Waals surface area contributed by atoms with Crippen LogP contribution in [0.2, 0.25) is 0 Å². The molecule has 28 heavy (non-hydrogen) atoms. The molecule has 0 spiro atoms. The van der Waals surface area contributed by atoms with Gasteiger partial charge in [0.2, 0.25) is 0 Å². The lowest BCUT2D eigenvalue weighted by molar-refractivity contribution is 0.457. The number of aromatic nitrogens is 2. The number of hydrogen-bond donors (Lipinski definition) is 0. The van der Waals surface area contributed by atoms with Crippen molar-refractivity contribution >= 4 is 29.4 Å². The van der Waals surface area contributed by atoms with E-state index in [-0.39, 0.29) is 5.56 Å². The van der Waals surface area contributed by atoms with Crippen LogP contribution in [-0.2, 0) is 18.8 Å². The first kappa shape index (κ1) is 18.7. The van der Waals surface area contributed by atoms with Crippen LogP contribution in [0.3, 0.4) is 0 Å². The fourth-order valence-corrected chi connectivity index (χ4v) is 4.52. The number of rotatable bonds is 7. The fourth-order valence-electron chi connectivity index (χ4n) is 2.90. The highest BCUT2D eigenvalue weighted by atomic mass is 32.2. The Morgan fingerprint density at radius 1 is 1.11 bits per heavy atom. The van der Waals surface area contributed by atoms with Gasteiger partial charge in [0.05, 0.1) is 25.0 Å². The van der Waals surface area contributed by atoms with Crippen molar-refractivity contribution < 1.29 is 0 Å². The van der Waals surface area contributed by atoms with Crippen LogP contribution in [0, 0.1) is 0 Å². The Morgan fingerprint density at radius 2 is 2.00 bits per heavy atom. The molecule has 1 aliphatic rings. The number of thiophene rings is 1. The number of aliphatic imine (C=N–C) groups is 1. The third-order valence-electron chi connectivity index (χ3n) is 4.28. The molecule has 0 radical (unpaired) electrons. The van der Waals surface area contributed by atoms with E-state index in [0.717, 1.165) is 17.5 Å². The van der Waals surface area contributed by atoms with Gasteiger partial charge in [-0.2, -0.15) is 4.98 Å². The zero-order valence-corrected chi connectivity index (χ0v) is 16.9. The monoisotopic (exact) mass is 408 g/mol. The Bertz CT molecular complexity index is 1030. The molecule has 0 bridgehead atoms. The average molecular weight is 409 g/mol. The first-order chi connectivity index (χ1) is 13.8. The van der Waals surface area contributed by atoms with Crippen molar-refractivity contribution in [2.45, 2.75) is 24.0 Å². The molecule has 3 heterocycles. The number of nitrogens with zero attached hydrogens (tertiary/aromatic N) is 4. The van der Waals surface area contributed by atoms with E-state index in [2.05, 4.69) is 38.1 Å². The van der Waals surface area contributed by atoms with Gasteiger partial charge in [-0.1, -0.05) is 48.2 Å². The molecule has 4 rings (SSSR count). The van der Waals surface area contributed by atoms with Crippen LogP contribution in [0.15, 0.2) is 81.3 Å². The molecule has 2 aromatic heterocycles. The van der Waals surface area contributed by atoms with E-state index in [1.807, 2.05) is 41.4 Å². The number of thioether (sulfide) groups is 1. The lowest BCUT2D eigenvalue weighted by atomic mass is 10.2. The van der Waals surface area contributed by atoms with Crippen molar-refractivity contribution in [2.24, 2.45) is 4.99 Å². The largest absolute Gasteiger partial charge is 0.354 e. The van der Waals surface area contributed by atoms with Crippen molar-refractivity contribution in [3.8, 4) is 0 Å². The minimum Gasteiger partial charge on any atom is -0.354 e. The molecule has 1 aromatic carbocycles. The maximum Gasteiger partial charge on any atom is 0.278 e. The van der Waals surface area contributed by atoms with Crippen LogP contribution >= 0.6 is 23.1 Å². The minimum atomic E-state index is -0.166. The molecule has 3 aromatic rings. The maximum absolute atomic E-state index is 12.7. The smallest absolute Gasteiger partial charge is 0.278 e. The topological polar surface area (TPSA) is 50.5 Å². The Labute approximate surface area is 172 Å². The van der Waals surface area contributed by atoms with Gasteiger partial charge in [0.15, 0.2) is 5.16 Å². The Morgan fingerprint density at radius 3 is 2.75 bits per heavy atom. The van der Waals surface area contributed by atoms with Crippen LogP contribution in [-0.4, -0.2) is 27.3 Å².